The summed E-state index contributed by atoms with van der Waals surface area (Å²) in [6.45, 7) is 8.00. The molecule has 0 aromatic heterocycles. The zero-order valence-corrected chi connectivity index (χ0v) is 19.0. The number of nitrogens with one attached hydrogen (secondary N) is 2. The second kappa shape index (κ2) is 9.35. The first kappa shape index (κ1) is 22.6. The van der Waals surface area contributed by atoms with Gasteiger partial charge in [-0.05, 0) is 66.8 Å². The summed E-state index contributed by atoms with van der Waals surface area (Å²) in [5, 5.41) is 3.07. The lowest BCUT2D eigenvalue weighted by atomic mass is 9.92. The van der Waals surface area contributed by atoms with Gasteiger partial charge in [0.05, 0.1) is 10.9 Å². The molecule has 0 aliphatic carbocycles. The molecular weight excluding hydrogens is 408 g/mol. The predicted octanol–water partition coefficient (Wildman–Crippen LogP) is 5.23. The molecule has 0 radical (unpaired) electrons. The zero-order valence-electron chi connectivity index (χ0n) is 18.2. The summed E-state index contributed by atoms with van der Waals surface area (Å²) in [6, 6.07) is 21.0. The van der Waals surface area contributed by atoms with Gasteiger partial charge in [-0.1, -0.05) is 56.3 Å². The second-order valence-corrected chi connectivity index (χ2v) is 9.74. The fraction of sp³-hybridized carbons (Fsp3) is 0.240. The van der Waals surface area contributed by atoms with Crippen LogP contribution >= 0.6 is 0 Å². The fourth-order valence-corrected chi connectivity index (χ4v) is 4.59. The van der Waals surface area contributed by atoms with Crippen molar-refractivity contribution in [1.82, 2.24) is 5.32 Å². The van der Waals surface area contributed by atoms with E-state index in [1.54, 1.807) is 30.3 Å². The Morgan fingerprint density at radius 2 is 1.58 bits per heavy atom. The van der Waals surface area contributed by atoms with Gasteiger partial charge in [-0.25, -0.2) is 8.42 Å². The van der Waals surface area contributed by atoms with Gasteiger partial charge in [0, 0.05) is 11.3 Å². The summed E-state index contributed by atoms with van der Waals surface area (Å²) in [6.07, 6.45) is 0. The highest BCUT2D eigenvalue weighted by Crippen LogP contribution is 2.25. The molecule has 0 spiro atoms. The van der Waals surface area contributed by atoms with Crippen molar-refractivity contribution in [2.45, 2.75) is 38.6 Å². The van der Waals surface area contributed by atoms with E-state index in [2.05, 4.69) is 10.0 Å². The van der Waals surface area contributed by atoms with E-state index in [4.69, 9.17) is 0 Å². The van der Waals surface area contributed by atoms with Gasteiger partial charge in [0.25, 0.3) is 15.9 Å². The van der Waals surface area contributed by atoms with Crippen LogP contribution in [0.15, 0.2) is 77.7 Å². The normalized spacial score (nSPS) is 12.4. The van der Waals surface area contributed by atoms with Crippen LogP contribution in [0.1, 0.15) is 46.9 Å². The summed E-state index contributed by atoms with van der Waals surface area (Å²) in [7, 11) is -3.82. The molecule has 5 nitrogen and oxygen atoms in total. The molecule has 0 saturated heterocycles. The van der Waals surface area contributed by atoms with Gasteiger partial charge < -0.3 is 5.32 Å². The zero-order chi connectivity index (χ0) is 22.6. The molecule has 2 N–H and O–H groups in total. The SMILES string of the molecule is Cc1cccc(NS(=O)(=O)c2cccc(C(=O)N[C@@H](c3ccccc3C)C(C)C)c2)c1. The van der Waals surface area contributed by atoms with Crippen LogP contribution < -0.4 is 10.0 Å². The molecule has 1 amide bonds. The molecule has 1 atom stereocenters. The molecule has 0 aliphatic heterocycles. The van der Waals surface area contributed by atoms with Crippen LogP contribution in [0.25, 0.3) is 0 Å². The Morgan fingerprint density at radius 3 is 2.26 bits per heavy atom. The van der Waals surface area contributed by atoms with E-state index >= 15 is 0 Å². The average molecular weight is 437 g/mol. The summed E-state index contributed by atoms with van der Waals surface area (Å²) < 4.78 is 28.3. The molecular formula is C25H28N2O3S. The molecule has 0 unspecified atom stereocenters. The first-order valence-corrected chi connectivity index (χ1v) is 11.7. The van der Waals surface area contributed by atoms with Gasteiger partial charge in [0.1, 0.15) is 0 Å². The molecule has 0 heterocycles. The summed E-state index contributed by atoms with van der Waals surface area (Å²) in [4.78, 5) is 13.0. The molecule has 3 aromatic carbocycles. The van der Waals surface area contributed by atoms with Gasteiger partial charge in [0.15, 0.2) is 0 Å². The van der Waals surface area contributed by atoms with E-state index in [1.807, 2.05) is 58.0 Å². The molecule has 31 heavy (non-hydrogen) atoms. The average Bonchev–Trinajstić information content (AvgIpc) is 2.72. The number of hydrogen-bond donors (Lipinski definition) is 2. The fourth-order valence-electron chi connectivity index (χ4n) is 3.49. The molecule has 0 saturated carbocycles. The molecule has 0 bridgehead atoms. The number of aryl methyl sites for hydroxylation is 2. The highest BCUT2D eigenvalue weighted by molar-refractivity contribution is 7.92. The van der Waals surface area contributed by atoms with Crippen molar-refractivity contribution in [3.63, 3.8) is 0 Å². The molecule has 6 heteroatoms. The summed E-state index contributed by atoms with van der Waals surface area (Å²) >= 11 is 0. The van der Waals surface area contributed by atoms with E-state index in [0.29, 0.717) is 11.3 Å². The van der Waals surface area contributed by atoms with Crippen LogP contribution in [0.3, 0.4) is 0 Å². The minimum atomic E-state index is -3.82. The smallest absolute Gasteiger partial charge is 0.261 e. The maximum atomic E-state index is 13.0. The Kier molecular flexibility index (Phi) is 6.81. The maximum absolute atomic E-state index is 13.0. The molecule has 162 valence electrons. The van der Waals surface area contributed by atoms with Crippen LogP contribution in [-0.4, -0.2) is 14.3 Å². The summed E-state index contributed by atoms with van der Waals surface area (Å²) in [5.41, 5.74) is 3.88. The van der Waals surface area contributed by atoms with E-state index in [-0.39, 0.29) is 22.8 Å². The van der Waals surface area contributed by atoms with E-state index < -0.39 is 10.0 Å². The van der Waals surface area contributed by atoms with Crippen LogP contribution in [0.5, 0.6) is 0 Å². The van der Waals surface area contributed by atoms with Gasteiger partial charge in [0.2, 0.25) is 0 Å². The largest absolute Gasteiger partial charge is 0.345 e. The lowest BCUT2D eigenvalue weighted by Gasteiger charge is -2.24. The van der Waals surface area contributed by atoms with Gasteiger partial charge in [-0.2, -0.15) is 0 Å². The summed E-state index contributed by atoms with van der Waals surface area (Å²) in [5.74, 6) is -0.144. The Balaban J connectivity index is 1.84. The molecule has 0 aliphatic rings. The molecule has 3 aromatic rings. The first-order chi connectivity index (χ1) is 14.7. The number of amides is 1. The van der Waals surface area contributed by atoms with Crippen molar-refractivity contribution in [2.24, 2.45) is 5.92 Å². The van der Waals surface area contributed by atoms with Crippen LogP contribution in [0, 0.1) is 19.8 Å². The Labute approximate surface area is 184 Å². The minimum absolute atomic E-state index is 0.0404. The number of sulfonamides is 1. The number of rotatable bonds is 7. The van der Waals surface area contributed by atoms with Gasteiger partial charge >= 0.3 is 0 Å². The van der Waals surface area contributed by atoms with Crippen LogP contribution in [-0.2, 0) is 10.0 Å². The lowest BCUT2D eigenvalue weighted by Crippen LogP contribution is -2.32. The number of anilines is 1. The maximum Gasteiger partial charge on any atom is 0.261 e. The monoisotopic (exact) mass is 436 g/mol. The van der Waals surface area contributed by atoms with E-state index in [1.165, 1.54) is 12.1 Å². The molecule has 3 rings (SSSR count). The van der Waals surface area contributed by atoms with E-state index in [0.717, 1.165) is 16.7 Å². The second-order valence-electron chi connectivity index (χ2n) is 8.05. The molecule has 0 fully saturated rings. The third-order valence-electron chi connectivity index (χ3n) is 5.15. The Hall–Kier alpha value is -3.12. The number of benzene rings is 3. The lowest BCUT2D eigenvalue weighted by molar-refractivity contribution is 0.0925. The highest BCUT2D eigenvalue weighted by atomic mass is 32.2. The number of carbonyl (C=O) groups is 1. The standard InChI is InChI=1S/C25H28N2O3S/c1-17(2)24(23-14-6-5-10-19(23)4)26-25(28)20-11-8-13-22(16-20)31(29,30)27-21-12-7-9-18(3)15-21/h5-17,24,27H,1-4H3,(H,26,28)/t24-/m1/s1. The Morgan fingerprint density at radius 1 is 0.871 bits per heavy atom. The minimum Gasteiger partial charge on any atom is -0.345 e. The number of hydrogen-bond acceptors (Lipinski definition) is 3. The first-order valence-electron chi connectivity index (χ1n) is 10.2. The van der Waals surface area contributed by atoms with Crippen LogP contribution in [0.2, 0.25) is 0 Å². The van der Waals surface area contributed by atoms with Crippen molar-refractivity contribution >= 4 is 21.6 Å². The van der Waals surface area contributed by atoms with Crippen molar-refractivity contribution in [3.8, 4) is 0 Å². The van der Waals surface area contributed by atoms with Gasteiger partial charge in [-0.15, -0.1) is 0 Å². The van der Waals surface area contributed by atoms with Crippen molar-refractivity contribution < 1.29 is 13.2 Å². The topological polar surface area (TPSA) is 75.3 Å². The Bertz CT molecular complexity index is 1190. The highest BCUT2D eigenvalue weighted by Gasteiger charge is 2.22. The number of carbonyl (C=O) groups excluding carboxylic acids is 1. The predicted molar refractivity (Wildman–Crippen MR) is 125 cm³/mol. The van der Waals surface area contributed by atoms with Crippen molar-refractivity contribution in [3.05, 3.63) is 95.1 Å². The van der Waals surface area contributed by atoms with Crippen LogP contribution in [0.4, 0.5) is 5.69 Å². The quantitative estimate of drug-likeness (QED) is 0.532. The third kappa shape index (κ3) is 5.52. The third-order valence-corrected chi connectivity index (χ3v) is 6.53. The van der Waals surface area contributed by atoms with E-state index in [9.17, 15) is 13.2 Å². The van der Waals surface area contributed by atoms with Crippen molar-refractivity contribution in [2.75, 3.05) is 4.72 Å². The van der Waals surface area contributed by atoms with Crippen molar-refractivity contribution in [1.29, 1.82) is 0 Å². The van der Waals surface area contributed by atoms with Gasteiger partial charge in [-0.3, -0.25) is 9.52 Å².